The van der Waals surface area contributed by atoms with Crippen LogP contribution >= 0.6 is 0 Å². The van der Waals surface area contributed by atoms with Crippen LogP contribution in [0.25, 0.3) is 6.08 Å². The van der Waals surface area contributed by atoms with Crippen LogP contribution in [0.4, 0.5) is 0 Å². The van der Waals surface area contributed by atoms with Crippen LogP contribution in [0.1, 0.15) is 55.1 Å². The van der Waals surface area contributed by atoms with Crippen LogP contribution in [-0.2, 0) is 10.2 Å². The van der Waals surface area contributed by atoms with E-state index in [9.17, 15) is 9.59 Å². The predicted molar refractivity (Wildman–Crippen MR) is 126 cm³/mol. The lowest BCUT2D eigenvalue weighted by Gasteiger charge is -2.20. The summed E-state index contributed by atoms with van der Waals surface area (Å²) in [6.07, 6.45) is 3.62. The van der Waals surface area contributed by atoms with Crippen molar-refractivity contribution in [2.24, 2.45) is 0 Å². The van der Waals surface area contributed by atoms with E-state index in [2.05, 4.69) is 26.1 Å². The summed E-state index contributed by atoms with van der Waals surface area (Å²) in [7, 11) is 3.13. The normalized spacial score (nSPS) is 14.3. The highest BCUT2D eigenvalue weighted by atomic mass is 16.5. The van der Waals surface area contributed by atoms with Crippen LogP contribution in [0.15, 0.2) is 48.2 Å². The monoisotopic (exact) mass is 436 g/mol. The van der Waals surface area contributed by atoms with Gasteiger partial charge in [-0.2, -0.15) is 0 Å². The van der Waals surface area contributed by atoms with E-state index >= 15 is 0 Å². The second-order valence-electron chi connectivity index (χ2n) is 8.95. The molecule has 6 heteroatoms. The van der Waals surface area contributed by atoms with Gasteiger partial charge >= 0.3 is 0 Å². The van der Waals surface area contributed by atoms with Crippen molar-refractivity contribution in [3.8, 4) is 11.5 Å². The second kappa shape index (κ2) is 9.90. The first kappa shape index (κ1) is 23.4. The number of carbonyl (C=O) groups excluding carboxylic acids is 2. The van der Waals surface area contributed by atoms with Gasteiger partial charge in [0, 0.05) is 18.7 Å². The number of ether oxygens (including phenoxy) is 2. The molecule has 3 rings (SSSR count). The zero-order valence-electron chi connectivity index (χ0n) is 19.5. The van der Waals surface area contributed by atoms with Gasteiger partial charge in [0.2, 0.25) is 0 Å². The Morgan fingerprint density at radius 2 is 1.56 bits per heavy atom. The highest BCUT2D eigenvalue weighted by Crippen LogP contribution is 2.28. The number of nitrogens with zero attached hydrogens (tertiary/aromatic N) is 1. The van der Waals surface area contributed by atoms with Gasteiger partial charge in [0.05, 0.1) is 14.2 Å². The number of hydrogen-bond acceptors (Lipinski definition) is 4. The Hall–Kier alpha value is -3.28. The molecule has 6 nitrogen and oxygen atoms in total. The Balaban J connectivity index is 1.90. The molecular weight excluding hydrogens is 404 g/mol. The Kier molecular flexibility index (Phi) is 7.23. The minimum Gasteiger partial charge on any atom is -0.493 e. The third-order valence-electron chi connectivity index (χ3n) is 5.60. The first-order valence-electron chi connectivity index (χ1n) is 10.9. The van der Waals surface area contributed by atoms with Crippen molar-refractivity contribution in [2.75, 3.05) is 27.3 Å². The summed E-state index contributed by atoms with van der Waals surface area (Å²) in [5.74, 6) is 0.653. The van der Waals surface area contributed by atoms with Crippen LogP contribution in [-0.4, -0.2) is 44.0 Å². The predicted octanol–water partition coefficient (Wildman–Crippen LogP) is 4.39. The first-order chi connectivity index (χ1) is 15.2. The number of carbonyl (C=O) groups is 2. The number of likely N-dealkylation sites (tertiary alicyclic amines) is 1. The Bertz CT molecular complexity index is 997. The maximum Gasteiger partial charge on any atom is 0.270 e. The average Bonchev–Trinajstić information content (AvgIpc) is 3.32. The molecule has 1 N–H and O–H groups in total. The molecule has 2 aromatic rings. The fourth-order valence-corrected chi connectivity index (χ4v) is 3.67. The first-order valence-corrected chi connectivity index (χ1v) is 10.9. The van der Waals surface area contributed by atoms with Crippen LogP contribution in [0, 0.1) is 0 Å². The summed E-state index contributed by atoms with van der Waals surface area (Å²) in [5.41, 5.74) is 2.62. The summed E-state index contributed by atoms with van der Waals surface area (Å²) in [4.78, 5) is 27.9. The molecule has 1 aliphatic rings. The van der Waals surface area contributed by atoms with Crippen molar-refractivity contribution in [2.45, 2.75) is 39.0 Å². The van der Waals surface area contributed by atoms with Crippen molar-refractivity contribution in [1.82, 2.24) is 10.2 Å². The topological polar surface area (TPSA) is 67.9 Å². The number of benzene rings is 2. The van der Waals surface area contributed by atoms with Gasteiger partial charge in [0.1, 0.15) is 5.70 Å². The fraction of sp³-hybridized carbons (Fsp3) is 0.385. The van der Waals surface area contributed by atoms with Crippen LogP contribution in [0.2, 0.25) is 0 Å². The SMILES string of the molecule is COc1ccc(/C=C(\NC(=O)c2ccc(C(C)(C)C)cc2)C(=O)N2CCCC2)cc1OC. The number of methoxy groups -OCH3 is 2. The summed E-state index contributed by atoms with van der Waals surface area (Å²) >= 11 is 0. The third-order valence-corrected chi connectivity index (χ3v) is 5.60. The van der Waals surface area contributed by atoms with Gasteiger partial charge < -0.3 is 19.7 Å². The molecule has 0 bridgehead atoms. The molecule has 170 valence electrons. The van der Waals surface area contributed by atoms with E-state index in [1.807, 2.05) is 18.2 Å². The molecular formula is C26H32N2O4. The summed E-state index contributed by atoms with van der Waals surface area (Å²) in [6, 6.07) is 12.9. The molecule has 1 aliphatic heterocycles. The number of nitrogens with one attached hydrogen (secondary N) is 1. The van der Waals surface area contributed by atoms with Gasteiger partial charge in [-0.05, 0) is 59.7 Å². The summed E-state index contributed by atoms with van der Waals surface area (Å²) in [5, 5.41) is 2.84. The van der Waals surface area contributed by atoms with E-state index in [1.54, 1.807) is 49.5 Å². The van der Waals surface area contributed by atoms with Gasteiger partial charge in [-0.15, -0.1) is 0 Å². The molecule has 32 heavy (non-hydrogen) atoms. The van der Waals surface area contributed by atoms with Crippen molar-refractivity contribution in [3.63, 3.8) is 0 Å². The van der Waals surface area contributed by atoms with Crippen molar-refractivity contribution in [3.05, 3.63) is 64.9 Å². The van der Waals surface area contributed by atoms with E-state index in [4.69, 9.17) is 9.47 Å². The molecule has 0 saturated carbocycles. The average molecular weight is 437 g/mol. The zero-order valence-corrected chi connectivity index (χ0v) is 19.5. The minimum absolute atomic E-state index is 0.000783. The zero-order chi connectivity index (χ0) is 23.3. The smallest absolute Gasteiger partial charge is 0.270 e. The Morgan fingerprint density at radius 3 is 2.12 bits per heavy atom. The molecule has 0 atom stereocenters. The van der Waals surface area contributed by atoms with Gasteiger partial charge in [-0.25, -0.2) is 0 Å². The molecule has 1 heterocycles. The highest BCUT2D eigenvalue weighted by Gasteiger charge is 2.24. The minimum atomic E-state index is -0.315. The van der Waals surface area contributed by atoms with E-state index < -0.39 is 0 Å². The lowest BCUT2D eigenvalue weighted by Crippen LogP contribution is -2.36. The van der Waals surface area contributed by atoms with E-state index in [0.717, 1.165) is 24.0 Å². The molecule has 1 saturated heterocycles. The maximum absolute atomic E-state index is 13.2. The van der Waals surface area contributed by atoms with Gasteiger partial charge in [0.25, 0.3) is 11.8 Å². The maximum atomic E-state index is 13.2. The molecule has 0 aromatic heterocycles. The van der Waals surface area contributed by atoms with Crippen molar-refractivity contribution >= 4 is 17.9 Å². The third kappa shape index (κ3) is 5.49. The lowest BCUT2D eigenvalue weighted by molar-refractivity contribution is -0.126. The largest absolute Gasteiger partial charge is 0.493 e. The second-order valence-corrected chi connectivity index (χ2v) is 8.95. The van der Waals surface area contributed by atoms with E-state index in [1.165, 1.54) is 0 Å². The molecule has 2 aromatic carbocycles. The number of rotatable bonds is 6. The fourth-order valence-electron chi connectivity index (χ4n) is 3.67. The van der Waals surface area contributed by atoms with Gasteiger partial charge in [-0.1, -0.05) is 39.0 Å². The standard InChI is InChI=1S/C26H32N2O4/c1-26(2,3)20-11-9-19(10-12-20)24(29)27-21(25(30)28-14-6-7-15-28)16-18-8-13-22(31-4)23(17-18)32-5/h8-13,16-17H,6-7,14-15H2,1-5H3,(H,27,29)/b21-16-. The molecule has 2 amide bonds. The number of hydrogen-bond donors (Lipinski definition) is 1. The van der Waals surface area contributed by atoms with Crippen molar-refractivity contribution in [1.29, 1.82) is 0 Å². The molecule has 0 spiro atoms. The van der Waals surface area contributed by atoms with Crippen LogP contribution in [0.3, 0.4) is 0 Å². The molecule has 0 aliphatic carbocycles. The molecule has 0 radical (unpaired) electrons. The van der Waals surface area contributed by atoms with Crippen molar-refractivity contribution < 1.29 is 19.1 Å². The highest BCUT2D eigenvalue weighted by molar-refractivity contribution is 6.05. The van der Waals surface area contributed by atoms with E-state index in [0.29, 0.717) is 30.2 Å². The van der Waals surface area contributed by atoms with E-state index in [-0.39, 0.29) is 22.9 Å². The van der Waals surface area contributed by atoms with Gasteiger partial charge in [0.15, 0.2) is 11.5 Å². The van der Waals surface area contributed by atoms with Gasteiger partial charge in [-0.3, -0.25) is 9.59 Å². The lowest BCUT2D eigenvalue weighted by atomic mass is 9.87. The molecule has 0 unspecified atom stereocenters. The quantitative estimate of drug-likeness (QED) is 0.682. The van der Waals surface area contributed by atoms with Crippen LogP contribution < -0.4 is 14.8 Å². The summed E-state index contributed by atoms with van der Waals surface area (Å²) in [6.45, 7) is 7.76. The Labute approximate surface area is 190 Å². The molecule has 1 fully saturated rings. The summed E-state index contributed by atoms with van der Waals surface area (Å²) < 4.78 is 10.7. The Morgan fingerprint density at radius 1 is 0.938 bits per heavy atom. The number of amides is 2. The van der Waals surface area contributed by atoms with Crippen LogP contribution in [0.5, 0.6) is 11.5 Å².